The lowest BCUT2D eigenvalue weighted by Crippen LogP contribution is -2.18. The highest BCUT2D eigenvalue weighted by Gasteiger charge is 2.15. The minimum absolute atomic E-state index is 0.200. The van der Waals surface area contributed by atoms with E-state index in [0.717, 1.165) is 25.9 Å². The van der Waals surface area contributed by atoms with Gasteiger partial charge >= 0.3 is 0 Å². The fourth-order valence-corrected chi connectivity index (χ4v) is 1.90. The molecule has 1 aromatic rings. The molecule has 1 fully saturated rings. The van der Waals surface area contributed by atoms with E-state index in [1.54, 1.807) is 6.07 Å². The standard InChI is InChI=1S/C11H14FN3/c12-10-7-9(8-14-13)3-4-11(10)15-5-1-2-6-15/h3-4,7-8H,1-2,5-6,13H2. The van der Waals surface area contributed by atoms with Crippen LogP contribution in [-0.4, -0.2) is 19.3 Å². The van der Waals surface area contributed by atoms with Crippen LogP contribution in [0.5, 0.6) is 0 Å². The van der Waals surface area contributed by atoms with Gasteiger partial charge < -0.3 is 10.7 Å². The monoisotopic (exact) mass is 207 g/mol. The first-order chi connectivity index (χ1) is 7.31. The van der Waals surface area contributed by atoms with E-state index >= 15 is 0 Å². The van der Waals surface area contributed by atoms with Crippen molar-refractivity contribution in [3.63, 3.8) is 0 Å². The van der Waals surface area contributed by atoms with Gasteiger partial charge in [0.2, 0.25) is 0 Å². The molecular weight excluding hydrogens is 193 g/mol. The Bertz CT molecular complexity index is 370. The van der Waals surface area contributed by atoms with Crippen molar-refractivity contribution < 1.29 is 4.39 Å². The maximum Gasteiger partial charge on any atom is 0.147 e. The molecule has 2 N–H and O–H groups in total. The number of hydrogen-bond acceptors (Lipinski definition) is 3. The Kier molecular flexibility index (Phi) is 2.85. The predicted octanol–water partition coefficient (Wildman–Crippen LogP) is 1.72. The van der Waals surface area contributed by atoms with Gasteiger partial charge in [0.15, 0.2) is 0 Å². The number of hydrogen-bond donors (Lipinski definition) is 1. The van der Waals surface area contributed by atoms with Crippen LogP contribution in [0.3, 0.4) is 0 Å². The zero-order valence-corrected chi connectivity index (χ0v) is 8.49. The predicted molar refractivity (Wildman–Crippen MR) is 59.6 cm³/mol. The summed E-state index contributed by atoms with van der Waals surface area (Å²) in [6.07, 6.45) is 3.73. The molecule has 80 valence electrons. The van der Waals surface area contributed by atoms with E-state index in [1.807, 2.05) is 6.07 Å². The highest BCUT2D eigenvalue weighted by molar-refractivity contribution is 5.80. The molecule has 0 bridgehead atoms. The van der Waals surface area contributed by atoms with Gasteiger partial charge in [-0.15, -0.1) is 0 Å². The highest BCUT2D eigenvalue weighted by atomic mass is 19.1. The molecule has 0 unspecified atom stereocenters. The molecule has 0 spiro atoms. The number of rotatable bonds is 2. The van der Waals surface area contributed by atoms with E-state index in [4.69, 9.17) is 5.84 Å². The Hall–Kier alpha value is -1.58. The van der Waals surface area contributed by atoms with E-state index in [-0.39, 0.29) is 5.82 Å². The topological polar surface area (TPSA) is 41.6 Å². The summed E-state index contributed by atoms with van der Waals surface area (Å²) in [7, 11) is 0. The number of nitrogens with two attached hydrogens (primary N) is 1. The number of hydrazone groups is 1. The summed E-state index contributed by atoms with van der Waals surface area (Å²) in [6, 6.07) is 5.08. The summed E-state index contributed by atoms with van der Waals surface area (Å²) in [6.45, 7) is 1.89. The largest absolute Gasteiger partial charge is 0.369 e. The first-order valence-corrected chi connectivity index (χ1v) is 5.09. The summed E-state index contributed by atoms with van der Waals surface area (Å²) in [4.78, 5) is 2.07. The quantitative estimate of drug-likeness (QED) is 0.456. The van der Waals surface area contributed by atoms with Crippen LogP contribution in [0.15, 0.2) is 23.3 Å². The smallest absolute Gasteiger partial charge is 0.147 e. The van der Waals surface area contributed by atoms with E-state index in [2.05, 4.69) is 10.0 Å². The van der Waals surface area contributed by atoms with Gasteiger partial charge in [-0.3, -0.25) is 0 Å². The van der Waals surface area contributed by atoms with Crippen LogP contribution in [0.4, 0.5) is 10.1 Å². The van der Waals surface area contributed by atoms with E-state index in [1.165, 1.54) is 12.3 Å². The summed E-state index contributed by atoms with van der Waals surface area (Å²) < 4.78 is 13.7. The summed E-state index contributed by atoms with van der Waals surface area (Å²) in [5, 5.41) is 3.37. The molecule has 0 aliphatic carbocycles. The molecule has 1 aromatic carbocycles. The zero-order valence-electron chi connectivity index (χ0n) is 8.49. The first kappa shape index (κ1) is 9.96. The molecule has 0 saturated carbocycles. The van der Waals surface area contributed by atoms with Crippen molar-refractivity contribution in [2.24, 2.45) is 10.9 Å². The molecule has 1 saturated heterocycles. The van der Waals surface area contributed by atoms with Crippen LogP contribution in [0.1, 0.15) is 18.4 Å². The van der Waals surface area contributed by atoms with Crippen molar-refractivity contribution in [1.82, 2.24) is 0 Å². The van der Waals surface area contributed by atoms with Crippen LogP contribution in [0.25, 0.3) is 0 Å². The van der Waals surface area contributed by atoms with Crippen molar-refractivity contribution in [2.75, 3.05) is 18.0 Å². The molecule has 0 radical (unpaired) electrons. The normalized spacial score (nSPS) is 16.5. The van der Waals surface area contributed by atoms with E-state index in [9.17, 15) is 4.39 Å². The number of nitrogens with zero attached hydrogens (tertiary/aromatic N) is 2. The molecule has 3 nitrogen and oxygen atoms in total. The number of halogens is 1. The lowest BCUT2D eigenvalue weighted by atomic mass is 10.2. The highest BCUT2D eigenvalue weighted by Crippen LogP contribution is 2.23. The Labute approximate surface area is 88.4 Å². The minimum Gasteiger partial charge on any atom is -0.369 e. The van der Waals surface area contributed by atoms with Gasteiger partial charge in [0.1, 0.15) is 5.82 Å². The van der Waals surface area contributed by atoms with Crippen LogP contribution in [-0.2, 0) is 0 Å². The molecule has 1 heterocycles. The van der Waals surface area contributed by atoms with Crippen LogP contribution in [0, 0.1) is 5.82 Å². The fraction of sp³-hybridized carbons (Fsp3) is 0.364. The van der Waals surface area contributed by atoms with Gasteiger partial charge in [-0.1, -0.05) is 6.07 Å². The van der Waals surface area contributed by atoms with Crippen molar-refractivity contribution in [2.45, 2.75) is 12.8 Å². The SMILES string of the molecule is NN=Cc1ccc(N2CCCC2)c(F)c1. The average Bonchev–Trinajstić information content (AvgIpc) is 2.71. The van der Waals surface area contributed by atoms with E-state index in [0.29, 0.717) is 11.3 Å². The first-order valence-electron chi connectivity index (χ1n) is 5.09. The second kappa shape index (κ2) is 4.29. The van der Waals surface area contributed by atoms with Crippen LogP contribution < -0.4 is 10.7 Å². The molecule has 1 aliphatic heterocycles. The van der Waals surface area contributed by atoms with Gasteiger partial charge in [-0.25, -0.2) is 4.39 Å². The molecule has 15 heavy (non-hydrogen) atoms. The van der Waals surface area contributed by atoms with Gasteiger partial charge in [-0.2, -0.15) is 5.10 Å². The van der Waals surface area contributed by atoms with Crippen molar-refractivity contribution >= 4 is 11.9 Å². The Morgan fingerprint density at radius 3 is 2.67 bits per heavy atom. The average molecular weight is 207 g/mol. The molecule has 0 amide bonds. The molecule has 0 atom stereocenters. The van der Waals surface area contributed by atoms with Crippen molar-refractivity contribution in [1.29, 1.82) is 0 Å². The Morgan fingerprint density at radius 2 is 2.07 bits per heavy atom. The van der Waals surface area contributed by atoms with Crippen molar-refractivity contribution in [3.8, 4) is 0 Å². The third kappa shape index (κ3) is 2.09. The molecule has 0 aromatic heterocycles. The summed E-state index contributed by atoms with van der Waals surface area (Å²) in [5.74, 6) is 4.81. The maximum atomic E-state index is 13.7. The third-order valence-electron chi connectivity index (χ3n) is 2.64. The summed E-state index contributed by atoms with van der Waals surface area (Å²) >= 11 is 0. The fourth-order valence-electron chi connectivity index (χ4n) is 1.90. The minimum atomic E-state index is -0.200. The van der Waals surface area contributed by atoms with Crippen LogP contribution in [0.2, 0.25) is 0 Å². The lowest BCUT2D eigenvalue weighted by Gasteiger charge is -2.18. The van der Waals surface area contributed by atoms with Gasteiger partial charge in [0.05, 0.1) is 11.9 Å². The Morgan fingerprint density at radius 1 is 1.33 bits per heavy atom. The van der Waals surface area contributed by atoms with Crippen molar-refractivity contribution in [3.05, 3.63) is 29.6 Å². The Balaban J connectivity index is 2.25. The third-order valence-corrected chi connectivity index (χ3v) is 2.64. The number of anilines is 1. The lowest BCUT2D eigenvalue weighted by molar-refractivity contribution is 0.623. The molecular formula is C11H14FN3. The molecule has 1 aliphatic rings. The second-order valence-electron chi connectivity index (χ2n) is 3.68. The van der Waals surface area contributed by atoms with Gasteiger partial charge in [0, 0.05) is 13.1 Å². The molecule has 2 rings (SSSR count). The summed E-state index contributed by atoms with van der Waals surface area (Å²) in [5.41, 5.74) is 1.37. The molecule has 4 heteroatoms. The van der Waals surface area contributed by atoms with Crippen LogP contribution >= 0.6 is 0 Å². The van der Waals surface area contributed by atoms with Gasteiger partial charge in [0.25, 0.3) is 0 Å². The second-order valence-corrected chi connectivity index (χ2v) is 3.68. The van der Waals surface area contributed by atoms with Gasteiger partial charge in [-0.05, 0) is 30.5 Å². The van der Waals surface area contributed by atoms with E-state index < -0.39 is 0 Å². The zero-order chi connectivity index (χ0) is 10.7. The number of benzene rings is 1. The maximum absolute atomic E-state index is 13.7.